The number of Topliss-reactive ketones (excluding diaryl/α,β-unsaturated/α-hetero) is 1. The molecule has 0 aromatic carbocycles. The van der Waals surface area contributed by atoms with Gasteiger partial charge in [-0.3, -0.25) is 4.79 Å². The second-order valence-corrected chi connectivity index (χ2v) is 10.5. The van der Waals surface area contributed by atoms with Crippen LogP contribution in [0.1, 0.15) is 63.4 Å². The average Bonchev–Trinajstić information content (AvgIpc) is 2.78. The number of pyridine rings is 1. The molecule has 1 aliphatic rings. The van der Waals surface area contributed by atoms with E-state index in [9.17, 15) is 14.7 Å². The second-order valence-electron chi connectivity index (χ2n) is 7.74. The number of aliphatic hydroxyl groups excluding tert-OH is 1. The fourth-order valence-electron chi connectivity index (χ4n) is 3.50. The maximum absolute atomic E-state index is 12.6. The Hall–Kier alpha value is -1.74. The Kier molecular flexibility index (Phi) is 15.1. The van der Waals surface area contributed by atoms with E-state index < -0.39 is 5.97 Å². The van der Waals surface area contributed by atoms with Crippen molar-refractivity contribution in [2.24, 2.45) is 11.1 Å². The van der Waals surface area contributed by atoms with E-state index in [2.05, 4.69) is 24.0 Å². The molecule has 0 aliphatic heterocycles. The lowest BCUT2D eigenvalue weighted by molar-refractivity contribution is -0.116. The van der Waals surface area contributed by atoms with Gasteiger partial charge in [0.15, 0.2) is 11.5 Å². The number of carbonyl (C=O) groups excluding carboxylic acids is 1. The van der Waals surface area contributed by atoms with E-state index in [0.717, 1.165) is 18.6 Å². The van der Waals surface area contributed by atoms with Crippen LogP contribution in [-0.2, 0) is 9.63 Å². The molecular weight excluding hydrogens is 535 g/mol. The van der Waals surface area contributed by atoms with Gasteiger partial charge in [-0.15, -0.1) is 0 Å². The number of allylic oxidation sites excluding steroid dienone is 2. The van der Waals surface area contributed by atoms with Crippen LogP contribution >= 0.6 is 46.6 Å². The normalized spacial score (nSPS) is 17.3. The van der Waals surface area contributed by atoms with Gasteiger partial charge in [-0.2, -0.15) is 11.8 Å². The number of aliphatic hydroxyl groups is 1. The van der Waals surface area contributed by atoms with Gasteiger partial charge in [0.25, 0.3) is 0 Å². The molecule has 0 spiro atoms. The predicted molar refractivity (Wildman–Crippen MR) is 144 cm³/mol. The van der Waals surface area contributed by atoms with Crippen LogP contribution in [0.3, 0.4) is 0 Å². The van der Waals surface area contributed by atoms with Crippen LogP contribution < -0.4 is 0 Å². The van der Waals surface area contributed by atoms with Gasteiger partial charge in [0.2, 0.25) is 0 Å². The Morgan fingerprint density at radius 3 is 2.60 bits per heavy atom. The molecule has 0 radical (unpaired) electrons. The molecule has 2 N–H and O–H groups in total. The highest BCUT2D eigenvalue weighted by atomic mass is 35.5. The average molecular weight is 566 g/mol. The number of carboxylic acid groups (broad SMARTS) is 1. The molecule has 35 heavy (non-hydrogen) atoms. The van der Waals surface area contributed by atoms with Gasteiger partial charge >= 0.3 is 5.97 Å². The highest BCUT2D eigenvalue weighted by molar-refractivity contribution is 7.99. The number of nitrogens with zero attached hydrogens (tertiary/aromatic N) is 2. The minimum atomic E-state index is -1.18. The molecule has 11 heteroatoms. The maximum Gasteiger partial charge on any atom is 0.356 e. The molecule has 1 aromatic heterocycles. The third kappa shape index (κ3) is 11.2. The summed E-state index contributed by atoms with van der Waals surface area (Å²) in [6.45, 7) is 6.56. The van der Waals surface area contributed by atoms with Crippen molar-refractivity contribution < 1.29 is 24.6 Å². The number of thioether (sulfide) groups is 1. The molecule has 194 valence electrons. The van der Waals surface area contributed by atoms with Crippen LogP contribution in [0.15, 0.2) is 40.2 Å². The molecular formula is C24H31Cl3N2O5S. The van der Waals surface area contributed by atoms with Crippen LogP contribution in [0.25, 0.3) is 0 Å². The molecule has 1 heterocycles. The van der Waals surface area contributed by atoms with Crippen LogP contribution in [0.4, 0.5) is 0 Å². The Morgan fingerprint density at radius 2 is 2.06 bits per heavy atom. The molecule has 2 rings (SSSR count). The lowest BCUT2D eigenvalue weighted by Crippen LogP contribution is -2.26. The molecule has 1 aromatic rings. The van der Waals surface area contributed by atoms with Crippen molar-refractivity contribution in [3.8, 4) is 0 Å². The lowest BCUT2D eigenvalue weighted by Gasteiger charge is -2.25. The second kappa shape index (κ2) is 16.8. The molecule has 2 atom stereocenters. The number of aromatic nitrogens is 1. The van der Waals surface area contributed by atoms with Gasteiger partial charge in [-0.25, -0.2) is 9.78 Å². The minimum Gasteiger partial charge on any atom is -0.511 e. The summed E-state index contributed by atoms with van der Waals surface area (Å²) in [7, 11) is 0. The van der Waals surface area contributed by atoms with Crippen molar-refractivity contribution in [3.05, 3.63) is 50.9 Å². The van der Waals surface area contributed by atoms with Gasteiger partial charge in [-0.05, 0) is 42.7 Å². The maximum atomic E-state index is 12.6. The van der Waals surface area contributed by atoms with Crippen molar-refractivity contribution in [2.45, 2.75) is 58.1 Å². The number of halogens is 3. The Morgan fingerprint density at radius 1 is 1.34 bits per heavy atom. The number of ketones is 1. The summed E-state index contributed by atoms with van der Waals surface area (Å²) in [4.78, 5) is 31.6. The number of rotatable bonds is 11. The first-order chi connectivity index (χ1) is 16.6. The summed E-state index contributed by atoms with van der Waals surface area (Å²) >= 11 is 18.2. The van der Waals surface area contributed by atoms with Crippen molar-refractivity contribution in [1.82, 2.24) is 4.98 Å². The molecule has 7 nitrogen and oxygen atoms in total. The first kappa shape index (κ1) is 31.3. The number of aromatic carboxylic acids is 1. The largest absolute Gasteiger partial charge is 0.511 e. The van der Waals surface area contributed by atoms with Crippen LogP contribution in [0.2, 0.25) is 10.2 Å². The smallest absolute Gasteiger partial charge is 0.356 e. The molecule has 2 unspecified atom stereocenters. The summed E-state index contributed by atoms with van der Waals surface area (Å²) in [5.74, 6) is 0.224. The van der Waals surface area contributed by atoms with Crippen LogP contribution in [-0.4, -0.2) is 50.3 Å². The van der Waals surface area contributed by atoms with Crippen molar-refractivity contribution in [2.75, 3.05) is 12.4 Å². The van der Waals surface area contributed by atoms with Gasteiger partial charge in [0.1, 0.15) is 17.5 Å². The van der Waals surface area contributed by atoms with E-state index in [1.807, 2.05) is 18.7 Å². The number of hydrogen-bond donors (Lipinski definition) is 2. The first-order valence-electron chi connectivity index (χ1n) is 11.2. The number of carbonyl (C=O) groups is 2. The monoisotopic (exact) mass is 564 g/mol. The van der Waals surface area contributed by atoms with Crippen LogP contribution in [0.5, 0.6) is 0 Å². The molecule has 0 amide bonds. The highest BCUT2D eigenvalue weighted by Gasteiger charge is 2.31. The van der Waals surface area contributed by atoms with Crippen LogP contribution in [0, 0.1) is 5.92 Å². The van der Waals surface area contributed by atoms with E-state index >= 15 is 0 Å². The van der Waals surface area contributed by atoms with Crippen molar-refractivity contribution >= 4 is 64.0 Å². The zero-order valence-corrected chi connectivity index (χ0v) is 23.1. The Balaban J connectivity index is 0.000000462. The zero-order chi connectivity index (χ0) is 26.4. The predicted octanol–water partition coefficient (Wildman–Crippen LogP) is 7.32. The van der Waals surface area contributed by atoms with E-state index in [1.165, 1.54) is 17.7 Å². The Bertz CT molecular complexity index is 953. The third-order valence-corrected chi connectivity index (χ3v) is 6.65. The fraction of sp³-hybridized carbons (Fsp3) is 0.500. The topological polar surface area (TPSA) is 109 Å². The summed E-state index contributed by atoms with van der Waals surface area (Å²) in [6.07, 6.45) is 5.00. The molecule has 0 fully saturated rings. The van der Waals surface area contributed by atoms with Crippen molar-refractivity contribution in [3.63, 3.8) is 0 Å². The summed E-state index contributed by atoms with van der Waals surface area (Å²) in [5.41, 5.74) is 2.03. The lowest BCUT2D eigenvalue weighted by atomic mass is 9.82. The van der Waals surface area contributed by atoms with Gasteiger partial charge in [-0.1, -0.05) is 67.2 Å². The third-order valence-electron chi connectivity index (χ3n) is 4.86. The summed E-state index contributed by atoms with van der Waals surface area (Å²) in [5, 5.41) is 23.7. The van der Waals surface area contributed by atoms with E-state index in [0.29, 0.717) is 35.8 Å². The summed E-state index contributed by atoms with van der Waals surface area (Å²) in [6, 6.07) is 2.82. The SMILES string of the molecule is CCC/C(=N\OC/C=C/Cl)C1=C(O)CC(CC(C)SCC)CC1=O.O=C(O)c1nc(Cl)ccc1Cl. The molecule has 0 saturated heterocycles. The molecule has 1 aliphatic carbocycles. The fourth-order valence-corrected chi connectivity index (χ4v) is 4.89. The quantitative estimate of drug-likeness (QED) is 0.125. The van der Waals surface area contributed by atoms with Crippen molar-refractivity contribution in [1.29, 1.82) is 0 Å². The van der Waals surface area contributed by atoms with E-state index in [1.54, 1.807) is 6.08 Å². The Labute approximate surface area is 225 Å². The molecule has 0 bridgehead atoms. The standard InChI is InChI=1S/C18H28ClNO3S.C6H3Cl2NO2/c1-4-7-15(20-23-9-6-8-19)18-16(21)11-14(12-17(18)22)10-13(3)24-5-2;7-3-1-2-4(8)9-5(3)6(10)11/h6,8,13-14,21H,4-5,7,9-12H2,1-3H3;1-2H,(H,10,11)/b8-6+,20-15+;. The zero-order valence-electron chi connectivity index (χ0n) is 20.0. The van der Waals surface area contributed by atoms with Gasteiger partial charge in [0.05, 0.1) is 16.3 Å². The summed E-state index contributed by atoms with van der Waals surface area (Å²) < 4.78 is 0. The molecule has 0 saturated carbocycles. The highest BCUT2D eigenvalue weighted by Crippen LogP contribution is 2.32. The number of carboxylic acids is 1. The first-order valence-corrected chi connectivity index (χ1v) is 13.4. The minimum absolute atomic E-state index is 0.0267. The van der Waals surface area contributed by atoms with E-state index in [-0.39, 0.29) is 39.9 Å². The van der Waals surface area contributed by atoms with Gasteiger partial charge in [0, 0.05) is 23.6 Å². The number of hydrogen-bond acceptors (Lipinski definition) is 7. The van der Waals surface area contributed by atoms with E-state index in [4.69, 9.17) is 44.7 Å². The van der Waals surface area contributed by atoms with Gasteiger partial charge < -0.3 is 15.1 Å². The number of oxime groups is 1.